The summed E-state index contributed by atoms with van der Waals surface area (Å²) < 4.78 is 30.3. The summed E-state index contributed by atoms with van der Waals surface area (Å²) in [5.41, 5.74) is -1.45. The Morgan fingerprint density at radius 1 is 1.14 bits per heavy atom. The highest BCUT2D eigenvalue weighted by Crippen LogP contribution is 2.24. The number of halogens is 2. The fourth-order valence-corrected chi connectivity index (χ4v) is 3.30. The number of fused-ring (bicyclic) bond motifs is 1. The molecule has 7 nitrogen and oxygen atoms in total. The number of hydrogen-bond acceptors (Lipinski definition) is 5. The number of pyridine rings is 2. The quantitative estimate of drug-likeness (QED) is 0.714. The third-order valence-electron chi connectivity index (χ3n) is 4.67. The molecule has 2 N–H and O–H groups in total. The van der Waals surface area contributed by atoms with Crippen LogP contribution in [0.2, 0.25) is 0 Å². The molecule has 0 spiro atoms. The summed E-state index contributed by atoms with van der Waals surface area (Å²) in [6, 6.07) is 6.68. The molecule has 3 aromatic rings. The van der Waals surface area contributed by atoms with Crippen LogP contribution in [0.5, 0.6) is 0 Å². The van der Waals surface area contributed by atoms with Crippen molar-refractivity contribution >= 4 is 22.8 Å². The van der Waals surface area contributed by atoms with Crippen LogP contribution < -0.4 is 15.6 Å². The third-order valence-corrected chi connectivity index (χ3v) is 4.67. The molecule has 0 amide bonds. The predicted molar refractivity (Wildman–Crippen MR) is 99.3 cm³/mol. The molecule has 0 radical (unpaired) electrons. The van der Waals surface area contributed by atoms with Gasteiger partial charge in [0.15, 0.2) is 17.3 Å². The van der Waals surface area contributed by atoms with Gasteiger partial charge in [0.25, 0.3) is 0 Å². The van der Waals surface area contributed by atoms with Gasteiger partial charge >= 0.3 is 5.97 Å². The molecule has 0 unspecified atom stereocenters. The average molecular weight is 386 g/mol. The van der Waals surface area contributed by atoms with Crippen LogP contribution in [0.25, 0.3) is 16.7 Å². The number of aromatic carboxylic acids is 1. The van der Waals surface area contributed by atoms with Crippen molar-refractivity contribution in [2.45, 2.75) is 0 Å². The Balaban J connectivity index is 2.05. The van der Waals surface area contributed by atoms with E-state index in [1.165, 1.54) is 22.8 Å². The smallest absolute Gasteiger partial charge is 0.341 e. The van der Waals surface area contributed by atoms with Gasteiger partial charge in [-0.15, -0.1) is 0 Å². The molecule has 3 heterocycles. The topological polar surface area (TPSA) is 87.5 Å². The van der Waals surface area contributed by atoms with Crippen molar-refractivity contribution < 1.29 is 18.7 Å². The van der Waals surface area contributed by atoms with Crippen LogP contribution in [0.1, 0.15) is 10.4 Å². The van der Waals surface area contributed by atoms with Gasteiger partial charge in [-0.3, -0.25) is 9.36 Å². The summed E-state index contributed by atoms with van der Waals surface area (Å²) in [6.07, 6.45) is 1.03. The first kappa shape index (κ1) is 18.1. The Bertz CT molecular complexity index is 1140. The number of rotatable bonds is 3. The minimum atomic E-state index is -1.48. The van der Waals surface area contributed by atoms with Gasteiger partial charge in [0.1, 0.15) is 11.4 Å². The minimum Gasteiger partial charge on any atom is -0.477 e. The number of carbonyl (C=O) groups is 1. The number of anilines is 1. The number of carboxylic acids is 1. The van der Waals surface area contributed by atoms with Gasteiger partial charge in [-0.2, -0.15) is 0 Å². The molecule has 9 heteroatoms. The maximum Gasteiger partial charge on any atom is 0.341 e. The molecule has 1 aliphatic heterocycles. The van der Waals surface area contributed by atoms with Gasteiger partial charge in [0.05, 0.1) is 11.1 Å². The summed E-state index contributed by atoms with van der Waals surface area (Å²) in [6.45, 7) is 2.34. The van der Waals surface area contributed by atoms with Crippen LogP contribution in [0.15, 0.2) is 41.3 Å². The lowest BCUT2D eigenvalue weighted by atomic mass is 10.1. The van der Waals surface area contributed by atoms with Gasteiger partial charge in [0, 0.05) is 32.4 Å². The van der Waals surface area contributed by atoms with E-state index in [0.29, 0.717) is 26.2 Å². The van der Waals surface area contributed by atoms with Gasteiger partial charge in [-0.1, -0.05) is 12.1 Å². The van der Waals surface area contributed by atoms with Crippen LogP contribution in [-0.4, -0.2) is 46.8 Å². The largest absolute Gasteiger partial charge is 0.477 e. The lowest BCUT2D eigenvalue weighted by Crippen LogP contribution is -2.44. The molecular weight excluding hydrogens is 370 g/mol. The molecule has 1 fully saturated rings. The second kappa shape index (κ2) is 7.01. The maximum atomic E-state index is 14.7. The summed E-state index contributed by atoms with van der Waals surface area (Å²) in [5, 5.41) is 12.3. The second-order valence-electron chi connectivity index (χ2n) is 6.40. The lowest BCUT2D eigenvalue weighted by Gasteiger charge is -2.29. The van der Waals surface area contributed by atoms with Crippen molar-refractivity contribution in [3.63, 3.8) is 0 Å². The van der Waals surface area contributed by atoms with E-state index in [1.54, 1.807) is 11.0 Å². The van der Waals surface area contributed by atoms with Crippen LogP contribution in [0, 0.1) is 11.6 Å². The highest BCUT2D eigenvalue weighted by Gasteiger charge is 2.22. The lowest BCUT2D eigenvalue weighted by molar-refractivity contribution is 0.0695. The molecule has 1 aliphatic rings. The Labute approximate surface area is 157 Å². The number of piperazine rings is 1. The normalized spacial score (nSPS) is 14.4. The number of aromatic nitrogens is 2. The van der Waals surface area contributed by atoms with Crippen molar-refractivity contribution in [1.82, 2.24) is 14.9 Å². The highest BCUT2D eigenvalue weighted by atomic mass is 19.1. The first-order valence-corrected chi connectivity index (χ1v) is 8.67. The SMILES string of the molecule is O=C(O)c1cn(-c2ccccc2F)c2nc(N3CCNCC3)c(F)cc2c1=O. The van der Waals surface area contributed by atoms with E-state index in [4.69, 9.17) is 0 Å². The van der Waals surface area contributed by atoms with Crippen molar-refractivity contribution in [1.29, 1.82) is 0 Å². The Hall–Kier alpha value is -3.33. The molecule has 144 valence electrons. The number of hydrogen-bond donors (Lipinski definition) is 2. The zero-order valence-electron chi connectivity index (χ0n) is 14.7. The van der Waals surface area contributed by atoms with E-state index in [2.05, 4.69) is 10.3 Å². The number of nitrogens with zero attached hydrogens (tertiary/aromatic N) is 3. The summed E-state index contributed by atoms with van der Waals surface area (Å²) in [7, 11) is 0. The van der Waals surface area contributed by atoms with E-state index in [0.717, 1.165) is 12.3 Å². The van der Waals surface area contributed by atoms with E-state index in [-0.39, 0.29) is 22.5 Å². The predicted octanol–water partition coefficient (Wildman–Crippen LogP) is 1.77. The molecule has 4 rings (SSSR count). The van der Waals surface area contributed by atoms with Crippen LogP contribution in [0.4, 0.5) is 14.6 Å². The summed E-state index contributed by atoms with van der Waals surface area (Å²) >= 11 is 0. The first-order valence-electron chi connectivity index (χ1n) is 8.67. The fraction of sp³-hybridized carbons (Fsp3) is 0.211. The van der Waals surface area contributed by atoms with Crippen molar-refractivity contribution in [3.05, 3.63) is 63.9 Å². The molecule has 0 saturated carbocycles. The Morgan fingerprint density at radius 2 is 1.86 bits per heavy atom. The number of nitrogens with one attached hydrogen (secondary N) is 1. The van der Waals surface area contributed by atoms with E-state index >= 15 is 0 Å². The Kier molecular flexibility index (Phi) is 4.52. The minimum absolute atomic E-state index is 0.00460. The van der Waals surface area contributed by atoms with Crippen LogP contribution in [-0.2, 0) is 0 Å². The molecule has 28 heavy (non-hydrogen) atoms. The molecule has 2 aromatic heterocycles. The maximum absolute atomic E-state index is 14.7. The molecular formula is C19H16F2N4O3. The van der Waals surface area contributed by atoms with E-state index < -0.39 is 28.6 Å². The first-order chi connectivity index (χ1) is 13.5. The van der Waals surface area contributed by atoms with Gasteiger partial charge < -0.3 is 15.3 Å². The zero-order chi connectivity index (χ0) is 19.8. The number of benzene rings is 1. The summed E-state index contributed by atoms with van der Waals surface area (Å²) in [4.78, 5) is 30.1. The molecule has 0 bridgehead atoms. The van der Waals surface area contributed by atoms with Crippen molar-refractivity contribution in [3.8, 4) is 5.69 Å². The molecule has 1 saturated heterocycles. The van der Waals surface area contributed by atoms with Crippen LogP contribution >= 0.6 is 0 Å². The monoisotopic (exact) mass is 386 g/mol. The fourth-order valence-electron chi connectivity index (χ4n) is 3.30. The zero-order valence-corrected chi connectivity index (χ0v) is 14.7. The molecule has 1 aromatic carbocycles. The number of para-hydroxylation sites is 1. The van der Waals surface area contributed by atoms with Crippen molar-refractivity contribution in [2.75, 3.05) is 31.1 Å². The molecule has 0 aliphatic carbocycles. The van der Waals surface area contributed by atoms with Crippen molar-refractivity contribution in [2.24, 2.45) is 0 Å². The standard InChI is InChI=1S/C19H16F2N4O3/c20-13-3-1-2-4-15(13)25-10-12(19(27)28)16(26)11-9-14(21)18(23-17(11)25)24-7-5-22-6-8-24/h1-4,9-10,22H,5-8H2,(H,27,28). The van der Waals surface area contributed by atoms with Crippen LogP contribution in [0.3, 0.4) is 0 Å². The Morgan fingerprint density at radius 3 is 2.54 bits per heavy atom. The third kappa shape index (κ3) is 2.99. The van der Waals surface area contributed by atoms with Gasteiger partial charge in [0.2, 0.25) is 5.43 Å². The molecule has 0 atom stereocenters. The van der Waals surface area contributed by atoms with E-state index in [1.807, 2.05) is 0 Å². The van der Waals surface area contributed by atoms with Gasteiger partial charge in [-0.05, 0) is 18.2 Å². The summed E-state index contributed by atoms with van der Waals surface area (Å²) in [5.74, 6) is -2.79. The highest BCUT2D eigenvalue weighted by molar-refractivity contribution is 5.92. The van der Waals surface area contributed by atoms with E-state index in [9.17, 15) is 23.5 Å². The number of carboxylic acid groups (broad SMARTS) is 1. The van der Waals surface area contributed by atoms with Gasteiger partial charge in [-0.25, -0.2) is 18.6 Å². The average Bonchev–Trinajstić information content (AvgIpc) is 2.69. The second-order valence-corrected chi connectivity index (χ2v) is 6.40.